The molecule has 0 saturated carbocycles. The Kier molecular flexibility index (Phi) is 6.41. The molecule has 5 nitrogen and oxygen atoms in total. The number of aliphatic hydroxyl groups excluding tert-OH is 2. The van der Waals surface area contributed by atoms with Crippen LogP contribution in [0.5, 0.6) is 5.75 Å². The van der Waals surface area contributed by atoms with Crippen LogP contribution in [0.4, 0.5) is 0 Å². The average molecular weight is 403 g/mol. The number of hydrogen-bond acceptors (Lipinski definition) is 6. The second-order valence-electron chi connectivity index (χ2n) is 7.96. The summed E-state index contributed by atoms with van der Waals surface area (Å²) in [6, 6.07) is 7.99. The highest BCUT2D eigenvalue weighted by atomic mass is 32.2. The molecule has 2 bridgehead atoms. The average Bonchev–Trinajstić information content (AvgIpc) is 2.75. The Morgan fingerprint density at radius 1 is 1.32 bits per heavy atom. The molecule has 3 fully saturated rings. The number of pyridine rings is 1. The quantitative estimate of drug-likeness (QED) is 0.662. The molecule has 4 heterocycles. The van der Waals surface area contributed by atoms with Crippen LogP contribution in [0.15, 0.2) is 30.5 Å². The smallest absolute Gasteiger partial charge is 0.119 e. The Hall–Kier alpha value is -1.34. The number of hydrogen-bond donors (Lipinski definition) is 2. The van der Waals surface area contributed by atoms with Gasteiger partial charge in [0.05, 0.1) is 25.3 Å². The van der Waals surface area contributed by atoms with Gasteiger partial charge >= 0.3 is 0 Å². The number of methoxy groups -OCH3 is 1. The number of piperidine rings is 3. The summed E-state index contributed by atoms with van der Waals surface area (Å²) >= 11 is 1.85. The maximum Gasteiger partial charge on any atom is 0.119 e. The van der Waals surface area contributed by atoms with Crippen LogP contribution in [0.25, 0.3) is 10.9 Å². The van der Waals surface area contributed by atoms with Crippen LogP contribution < -0.4 is 4.74 Å². The first-order valence-corrected chi connectivity index (χ1v) is 11.4. The van der Waals surface area contributed by atoms with E-state index < -0.39 is 6.10 Å². The molecule has 0 spiro atoms. The fourth-order valence-corrected chi connectivity index (χ4v) is 5.78. The Morgan fingerprint density at radius 3 is 2.96 bits per heavy atom. The Labute approximate surface area is 171 Å². The van der Waals surface area contributed by atoms with Gasteiger partial charge < -0.3 is 14.9 Å². The number of rotatable bonds is 8. The molecule has 0 amide bonds. The maximum absolute atomic E-state index is 11.3. The van der Waals surface area contributed by atoms with E-state index in [0.29, 0.717) is 5.92 Å². The van der Waals surface area contributed by atoms with Crippen LogP contribution in [0.1, 0.15) is 30.9 Å². The van der Waals surface area contributed by atoms with Gasteiger partial charge in [-0.25, -0.2) is 0 Å². The molecule has 3 aliphatic rings. The van der Waals surface area contributed by atoms with Crippen molar-refractivity contribution in [3.63, 3.8) is 0 Å². The van der Waals surface area contributed by atoms with E-state index in [1.807, 2.05) is 36.0 Å². The minimum Gasteiger partial charge on any atom is -0.497 e. The molecule has 3 saturated heterocycles. The predicted octanol–water partition coefficient (Wildman–Crippen LogP) is 3.10. The zero-order valence-corrected chi connectivity index (χ0v) is 17.3. The van der Waals surface area contributed by atoms with Gasteiger partial charge in [0, 0.05) is 29.9 Å². The number of ether oxygens (including phenoxy) is 1. The van der Waals surface area contributed by atoms with Crippen LogP contribution in [-0.4, -0.2) is 64.5 Å². The summed E-state index contributed by atoms with van der Waals surface area (Å²) in [6.45, 7) is 2.43. The molecule has 28 heavy (non-hydrogen) atoms. The van der Waals surface area contributed by atoms with Crippen molar-refractivity contribution in [1.29, 1.82) is 0 Å². The summed E-state index contributed by atoms with van der Waals surface area (Å²) in [5, 5.41) is 21.3. The van der Waals surface area contributed by atoms with Gasteiger partial charge in [0.15, 0.2) is 0 Å². The lowest BCUT2D eigenvalue weighted by Gasteiger charge is -2.51. The normalized spacial score (nSPS) is 27.8. The van der Waals surface area contributed by atoms with E-state index in [1.165, 1.54) is 12.8 Å². The monoisotopic (exact) mass is 402 g/mol. The summed E-state index contributed by atoms with van der Waals surface area (Å²) in [5.41, 5.74) is 1.85. The third-order valence-electron chi connectivity index (χ3n) is 6.47. The van der Waals surface area contributed by atoms with Gasteiger partial charge in [-0.15, -0.1) is 0 Å². The van der Waals surface area contributed by atoms with Crippen molar-refractivity contribution >= 4 is 22.7 Å². The first-order chi connectivity index (χ1) is 13.7. The Balaban J connectivity index is 1.49. The van der Waals surface area contributed by atoms with Crippen LogP contribution in [0.3, 0.4) is 0 Å². The highest BCUT2D eigenvalue weighted by Gasteiger charge is 2.42. The van der Waals surface area contributed by atoms with Gasteiger partial charge in [0.1, 0.15) is 5.75 Å². The highest BCUT2D eigenvalue weighted by molar-refractivity contribution is 7.99. The molecule has 1 aromatic carbocycles. The van der Waals surface area contributed by atoms with Crippen molar-refractivity contribution in [1.82, 2.24) is 9.88 Å². The first-order valence-electron chi connectivity index (χ1n) is 10.2. The van der Waals surface area contributed by atoms with Crippen LogP contribution in [-0.2, 0) is 0 Å². The summed E-state index contributed by atoms with van der Waals surface area (Å²) in [4.78, 5) is 6.95. The fraction of sp³-hybridized carbons (Fsp3) is 0.591. The third kappa shape index (κ3) is 4.01. The number of nitrogens with zero attached hydrogens (tertiary/aromatic N) is 2. The van der Waals surface area contributed by atoms with E-state index in [0.717, 1.165) is 59.1 Å². The molecule has 1 aromatic heterocycles. The molecule has 2 N–H and O–H groups in total. The number of aromatic nitrogens is 1. The molecule has 152 valence electrons. The van der Waals surface area contributed by atoms with E-state index in [4.69, 9.17) is 9.84 Å². The van der Waals surface area contributed by atoms with Gasteiger partial charge in [0.2, 0.25) is 0 Å². The molecular formula is C22H30N2O3S. The number of thioether (sulfide) groups is 1. The molecule has 6 heteroatoms. The Morgan fingerprint density at radius 2 is 2.21 bits per heavy atom. The molecular weight excluding hydrogens is 372 g/mol. The minimum absolute atomic E-state index is 0.178. The van der Waals surface area contributed by atoms with E-state index in [1.54, 1.807) is 13.3 Å². The summed E-state index contributed by atoms with van der Waals surface area (Å²) in [6.07, 6.45) is 4.80. The zero-order valence-electron chi connectivity index (χ0n) is 16.5. The van der Waals surface area contributed by atoms with Crippen molar-refractivity contribution in [2.24, 2.45) is 11.8 Å². The molecule has 3 aliphatic heterocycles. The molecule has 3 unspecified atom stereocenters. The van der Waals surface area contributed by atoms with Crippen molar-refractivity contribution < 1.29 is 14.9 Å². The molecule has 0 aliphatic carbocycles. The van der Waals surface area contributed by atoms with Crippen LogP contribution >= 0.6 is 11.8 Å². The molecule has 0 radical (unpaired) electrons. The van der Waals surface area contributed by atoms with Crippen molar-refractivity contribution in [3.8, 4) is 5.75 Å². The molecule has 5 atom stereocenters. The predicted molar refractivity (Wildman–Crippen MR) is 114 cm³/mol. The van der Waals surface area contributed by atoms with E-state index in [9.17, 15) is 5.11 Å². The summed E-state index contributed by atoms with van der Waals surface area (Å²) in [5.74, 6) is 4.16. The van der Waals surface area contributed by atoms with Crippen LogP contribution in [0, 0.1) is 11.8 Å². The third-order valence-corrected chi connectivity index (χ3v) is 7.47. The largest absolute Gasteiger partial charge is 0.497 e. The number of benzene rings is 1. The van der Waals surface area contributed by atoms with E-state index in [-0.39, 0.29) is 12.6 Å². The van der Waals surface area contributed by atoms with E-state index >= 15 is 0 Å². The number of aliphatic hydroxyl groups is 2. The van der Waals surface area contributed by atoms with Gasteiger partial charge in [0.25, 0.3) is 0 Å². The fourth-order valence-electron chi connectivity index (χ4n) is 4.98. The second-order valence-corrected chi connectivity index (χ2v) is 9.18. The summed E-state index contributed by atoms with van der Waals surface area (Å²) in [7, 11) is 1.67. The Bertz CT molecular complexity index is 802. The SMILES string of the molecule is COc1ccc2nccc([C@H](O)[C@H]3CC4CCN3CC4CCSCCO)c2c1. The van der Waals surface area contributed by atoms with E-state index in [2.05, 4.69) is 9.88 Å². The topological polar surface area (TPSA) is 65.8 Å². The minimum atomic E-state index is -0.509. The standard InChI is InChI=1S/C22H30N2O3S/c1-27-17-2-3-20-19(13-17)18(4-7-23-20)22(26)21-12-15-5-8-24(21)14-16(15)6-10-28-11-9-25/h2-4,7,13,15-16,21-22,25-26H,5-6,8-12,14H2,1H3/t15?,16?,21-,22+/m1/s1. The summed E-state index contributed by atoms with van der Waals surface area (Å²) < 4.78 is 5.38. The lowest BCUT2D eigenvalue weighted by Crippen LogP contribution is -2.55. The van der Waals surface area contributed by atoms with Crippen LogP contribution in [0.2, 0.25) is 0 Å². The van der Waals surface area contributed by atoms with Crippen molar-refractivity contribution in [2.45, 2.75) is 31.4 Å². The molecule has 2 aromatic rings. The van der Waals surface area contributed by atoms with Crippen molar-refractivity contribution in [2.75, 3.05) is 38.3 Å². The van der Waals surface area contributed by atoms with Gasteiger partial charge in [-0.3, -0.25) is 9.88 Å². The van der Waals surface area contributed by atoms with Gasteiger partial charge in [-0.1, -0.05) is 0 Å². The lowest BCUT2D eigenvalue weighted by molar-refractivity contribution is -0.0559. The van der Waals surface area contributed by atoms with Gasteiger partial charge in [-0.2, -0.15) is 11.8 Å². The molecule has 5 rings (SSSR count). The zero-order chi connectivity index (χ0) is 19.5. The first kappa shape index (κ1) is 20.0. The lowest BCUT2D eigenvalue weighted by atomic mass is 9.72. The highest BCUT2D eigenvalue weighted by Crippen LogP contribution is 2.43. The van der Waals surface area contributed by atoms with Gasteiger partial charge in [-0.05, 0) is 73.2 Å². The van der Waals surface area contributed by atoms with Crippen molar-refractivity contribution in [3.05, 3.63) is 36.0 Å². The number of fused-ring (bicyclic) bond motifs is 4. The maximum atomic E-state index is 11.3. The second kappa shape index (κ2) is 8.99.